The molecule has 1 aromatic rings. The highest BCUT2D eigenvalue weighted by molar-refractivity contribution is 5.54. The average Bonchev–Trinajstić information content (AvgIpc) is 2.27. The Kier molecular flexibility index (Phi) is 4.84. The molecule has 0 radical (unpaired) electrons. The molecule has 1 N–H and O–H groups in total. The van der Waals surface area contributed by atoms with Crippen molar-refractivity contribution in [3.05, 3.63) is 29.8 Å². The molecule has 0 saturated heterocycles. The van der Waals surface area contributed by atoms with Crippen molar-refractivity contribution in [2.45, 2.75) is 59.9 Å². The van der Waals surface area contributed by atoms with Crippen LogP contribution in [-0.4, -0.2) is 6.04 Å². The maximum atomic E-state index is 3.70. The molecular weight excluding hydrogens is 218 g/mol. The summed E-state index contributed by atoms with van der Waals surface area (Å²) >= 11 is 0. The molecule has 0 saturated carbocycles. The molecule has 0 aliphatic carbocycles. The van der Waals surface area contributed by atoms with Crippen LogP contribution in [0.2, 0.25) is 0 Å². The molecule has 102 valence electrons. The smallest absolute Gasteiger partial charge is 0.0380 e. The number of nitrogens with one attached hydrogen (secondary N) is 1. The molecule has 0 spiro atoms. The second-order valence-corrected chi connectivity index (χ2v) is 6.83. The summed E-state index contributed by atoms with van der Waals surface area (Å²) in [7, 11) is 0. The topological polar surface area (TPSA) is 12.0 Å². The van der Waals surface area contributed by atoms with Gasteiger partial charge < -0.3 is 5.32 Å². The first-order valence-corrected chi connectivity index (χ1v) is 7.09. The van der Waals surface area contributed by atoms with E-state index in [1.807, 2.05) is 0 Å². The van der Waals surface area contributed by atoms with Crippen LogP contribution in [0.4, 0.5) is 5.69 Å². The summed E-state index contributed by atoms with van der Waals surface area (Å²) in [5.74, 6) is 1.37. The Balaban J connectivity index is 2.91. The lowest BCUT2D eigenvalue weighted by Gasteiger charge is -2.29. The lowest BCUT2D eigenvalue weighted by Crippen LogP contribution is -2.28. The number of benzene rings is 1. The highest BCUT2D eigenvalue weighted by Gasteiger charge is 2.20. The van der Waals surface area contributed by atoms with Crippen LogP contribution in [0.5, 0.6) is 0 Å². The largest absolute Gasteiger partial charge is 0.382 e. The summed E-state index contributed by atoms with van der Waals surface area (Å²) in [6.07, 6.45) is 0. The van der Waals surface area contributed by atoms with Crippen LogP contribution in [-0.2, 0) is 5.41 Å². The van der Waals surface area contributed by atoms with Crippen LogP contribution >= 0.6 is 0 Å². The van der Waals surface area contributed by atoms with E-state index in [-0.39, 0.29) is 5.41 Å². The Labute approximate surface area is 113 Å². The summed E-state index contributed by atoms with van der Waals surface area (Å²) in [6.45, 7) is 16.0. The van der Waals surface area contributed by atoms with Crippen molar-refractivity contribution in [2.75, 3.05) is 5.32 Å². The molecular formula is C17H29N. The Morgan fingerprint density at radius 1 is 0.944 bits per heavy atom. The fraction of sp³-hybridized carbons (Fsp3) is 0.647. The maximum absolute atomic E-state index is 3.70. The molecule has 0 aromatic heterocycles. The van der Waals surface area contributed by atoms with Crippen molar-refractivity contribution in [1.82, 2.24) is 0 Å². The van der Waals surface area contributed by atoms with Crippen LogP contribution in [0.1, 0.15) is 54.0 Å². The zero-order valence-corrected chi connectivity index (χ0v) is 13.0. The van der Waals surface area contributed by atoms with Gasteiger partial charge >= 0.3 is 0 Å². The van der Waals surface area contributed by atoms with Gasteiger partial charge in [-0.1, -0.05) is 59.7 Å². The summed E-state index contributed by atoms with van der Waals surface area (Å²) in [5.41, 5.74) is 2.86. The zero-order chi connectivity index (χ0) is 13.9. The predicted octanol–water partition coefficient (Wildman–Crippen LogP) is 5.08. The third kappa shape index (κ3) is 3.76. The van der Waals surface area contributed by atoms with Gasteiger partial charge in [-0.2, -0.15) is 0 Å². The van der Waals surface area contributed by atoms with Crippen LogP contribution < -0.4 is 5.32 Å². The van der Waals surface area contributed by atoms with Gasteiger partial charge in [0.05, 0.1) is 0 Å². The minimum atomic E-state index is 0.185. The Morgan fingerprint density at radius 3 is 2.00 bits per heavy atom. The SMILES string of the molecule is CC(C)[C@@H](C)[C@H](C)Nc1ccccc1C(C)(C)C. The second-order valence-electron chi connectivity index (χ2n) is 6.83. The van der Waals surface area contributed by atoms with Gasteiger partial charge in [0.15, 0.2) is 0 Å². The van der Waals surface area contributed by atoms with E-state index < -0.39 is 0 Å². The van der Waals surface area contributed by atoms with Crippen molar-refractivity contribution < 1.29 is 0 Å². The zero-order valence-electron chi connectivity index (χ0n) is 13.0. The summed E-state index contributed by atoms with van der Waals surface area (Å²) in [5, 5.41) is 3.70. The standard InChI is InChI=1S/C17H29N/c1-12(2)13(3)14(4)18-16-11-9-8-10-15(16)17(5,6)7/h8-14,18H,1-7H3/t13-,14+/m1/s1. The minimum Gasteiger partial charge on any atom is -0.382 e. The monoisotopic (exact) mass is 247 g/mol. The van der Waals surface area contributed by atoms with Gasteiger partial charge in [-0.25, -0.2) is 0 Å². The molecule has 18 heavy (non-hydrogen) atoms. The van der Waals surface area contributed by atoms with E-state index in [1.165, 1.54) is 11.3 Å². The summed E-state index contributed by atoms with van der Waals surface area (Å²) < 4.78 is 0. The van der Waals surface area contributed by atoms with E-state index in [2.05, 4.69) is 78.0 Å². The first-order valence-electron chi connectivity index (χ1n) is 7.09. The van der Waals surface area contributed by atoms with Gasteiger partial charge in [-0.05, 0) is 35.8 Å². The van der Waals surface area contributed by atoms with Crippen LogP contribution in [0.15, 0.2) is 24.3 Å². The Bertz CT molecular complexity index is 373. The van der Waals surface area contributed by atoms with Crippen molar-refractivity contribution in [3.8, 4) is 0 Å². The number of hydrogen-bond donors (Lipinski definition) is 1. The van der Waals surface area contributed by atoms with Crippen molar-refractivity contribution in [2.24, 2.45) is 11.8 Å². The van der Waals surface area contributed by atoms with Crippen LogP contribution in [0.3, 0.4) is 0 Å². The average molecular weight is 247 g/mol. The molecule has 1 rings (SSSR count). The molecule has 0 bridgehead atoms. The van der Waals surface area contributed by atoms with E-state index in [1.54, 1.807) is 0 Å². The first-order chi connectivity index (χ1) is 8.23. The lowest BCUT2D eigenvalue weighted by molar-refractivity contribution is 0.378. The lowest BCUT2D eigenvalue weighted by atomic mass is 9.85. The van der Waals surface area contributed by atoms with E-state index in [0.717, 1.165) is 0 Å². The molecule has 1 heteroatoms. The second kappa shape index (κ2) is 5.77. The van der Waals surface area contributed by atoms with E-state index in [0.29, 0.717) is 17.9 Å². The van der Waals surface area contributed by atoms with E-state index in [9.17, 15) is 0 Å². The Hall–Kier alpha value is -0.980. The summed E-state index contributed by atoms with van der Waals surface area (Å²) in [4.78, 5) is 0. The van der Waals surface area contributed by atoms with Gasteiger partial charge in [0.1, 0.15) is 0 Å². The molecule has 0 aliphatic rings. The van der Waals surface area contributed by atoms with Gasteiger partial charge in [0.25, 0.3) is 0 Å². The van der Waals surface area contributed by atoms with Crippen LogP contribution in [0, 0.1) is 11.8 Å². The minimum absolute atomic E-state index is 0.185. The number of anilines is 1. The van der Waals surface area contributed by atoms with E-state index in [4.69, 9.17) is 0 Å². The van der Waals surface area contributed by atoms with Crippen molar-refractivity contribution in [1.29, 1.82) is 0 Å². The molecule has 1 nitrogen and oxygen atoms in total. The number of para-hydroxylation sites is 1. The van der Waals surface area contributed by atoms with E-state index >= 15 is 0 Å². The first kappa shape index (κ1) is 15.1. The van der Waals surface area contributed by atoms with Gasteiger partial charge in [-0.3, -0.25) is 0 Å². The number of hydrogen-bond acceptors (Lipinski definition) is 1. The van der Waals surface area contributed by atoms with Gasteiger partial charge in [0.2, 0.25) is 0 Å². The third-order valence-electron chi connectivity index (χ3n) is 3.96. The molecule has 0 unspecified atom stereocenters. The highest BCUT2D eigenvalue weighted by Crippen LogP contribution is 2.30. The molecule has 2 atom stereocenters. The van der Waals surface area contributed by atoms with Gasteiger partial charge in [0, 0.05) is 11.7 Å². The Morgan fingerprint density at radius 2 is 1.50 bits per heavy atom. The molecule has 0 amide bonds. The van der Waals surface area contributed by atoms with Crippen molar-refractivity contribution >= 4 is 5.69 Å². The molecule has 0 aliphatic heterocycles. The normalized spacial score (nSPS) is 15.6. The van der Waals surface area contributed by atoms with Gasteiger partial charge in [-0.15, -0.1) is 0 Å². The fourth-order valence-corrected chi connectivity index (χ4v) is 2.22. The summed E-state index contributed by atoms with van der Waals surface area (Å²) in [6, 6.07) is 9.17. The van der Waals surface area contributed by atoms with Crippen molar-refractivity contribution in [3.63, 3.8) is 0 Å². The maximum Gasteiger partial charge on any atom is 0.0380 e. The number of rotatable bonds is 4. The van der Waals surface area contributed by atoms with Crippen LogP contribution in [0.25, 0.3) is 0 Å². The fourth-order valence-electron chi connectivity index (χ4n) is 2.22. The molecule has 0 heterocycles. The highest BCUT2D eigenvalue weighted by atomic mass is 14.9. The molecule has 0 fully saturated rings. The predicted molar refractivity (Wildman–Crippen MR) is 82.2 cm³/mol. The quantitative estimate of drug-likeness (QED) is 0.782. The third-order valence-corrected chi connectivity index (χ3v) is 3.96. The molecule has 1 aromatic carbocycles.